The second kappa shape index (κ2) is 5.56. The van der Waals surface area contributed by atoms with Crippen LogP contribution in [0.4, 0.5) is 0 Å². The number of aromatic nitrogens is 2. The standard InChI is InChI=1S/C17H13BrN2OS/c18-10-14-15(11-6-2-1-3-7-11)20-13-9-5-4-8-12(13)16(21)19-17(20)22-14/h1-9,14-15H,10H2. The first-order valence-electron chi connectivity index (χ1n) is 7.08. The van der Waals surface area contributed by atoms with Gasteiger partial charge in [-0.05, 0) is 17.7 Å². The van der Waals surface area contributed by atoms with Crippen molar-refractivity contribution in [2.24, 2.45) is 0 Å². The number of nitrogens with zero attached hydrogens (tertiary/aromatic N) is 2. The Morgan fingerprint density at radius 2 is 1.82 bits per heavy atom. The summed E-state index contributed by atoms with van der Waals surface area (Å²) in [7, 11) is 0. The van der Waals surface area contributed by atoms with Gasteiger partial charge >= 0.3 is 0 Å². The topological polar surface area (TPSA) is 34.9 Å². The summed E-state index contributed by atoms with van der Waals surface area (Å²) < 4.78 is 2.21. The number of hydrogen-bond acceptors (Lipinski definition) is 3. The summed E-state index contributed by atoms with van der Waals surface area (Å²) in [5.74, 6) is 0. The van der Waals surface area contributed by atoms with Crippen LogP contribution in [0.5, 0.6) is 0 Å². The van der Waals surface area contributed by atoms with Gasteiger partial charge in [-0.3, -0.25) is 4.79 Å². The van der Waals surface area contributed by atoms with E-state index in [2.05, 4.69) is 49.7 Å². The Labute approximate surface area is 140 Å². The molecule has 3 aromatic rings. The van der Waals surface area contributed by atoms with Crippen molar-refractivity contribution in [3.05, 3.63) is 70.5 Å². The van der Waals surface area contributed by atoms with Crippen LogP contribution in [0.25, 0.3) is 10.9 Å². The van der Waals surface area contributed by atoms with Crippen LogP contribution in [-0.2, 0) is 0 Å². The maximum absolute atomic E-state index is 12.2. The van der Waals surface area contributed by atoms with E-state index in [9.17, 15) is 4.79 Å². The largest absolute Gasteiger partial charge is 0.311 e. The van der Waals surface area contributed by atoms with E-state index in [1.807, 2.05) is 30.3 Å². The summed E-state index contributed by atoms with van der Waals surface area (Å²) in [5.41, 5.74) is 2.06. The molecule has 2 heterocycles. The van der Waals surface area contributed by atoms with Crippen molar-refractivity contribution in [2.45, 2.75) is 16.4 Å². The van der Waals surface area contributed by atoms with Crippen molar-refractivity contribution in [3.8, 4) is 0 Å². The third-order valence-corrected chi connectivity index (χ3v) is 6.33. The molecule has 0 radical (unpaired) electrons. The summed E-state index contributed by atoms with van der Waals surface area (Å²) in [6, 6.07) is 18.3. The maximum atomic E-state index is 12.2. The molecule has 3 nitrogen and oxygen atoms in total. The van der Waals surface area contributed by atoms with E-state index in [1.54, 1.807) is 11.8 Å². The first kappa shape index (κ1) is 14.0. The number of thioether (sulfide) groups is 1. The molecule has 2 atom stereocenters. The molecule has 0 saturated heterocycles. The van der Waals surface area contributed by atoms with E-state index in [1.165, 1.54) is 5.56 Å². The molecule has 4 rings (SSSR count). The van der Waals surface area contributed by atoms with E-state index in [0.29, 0.717) is 10.6 Å². The fourth-order valence-electron chi connectivity index (χ4n) is 3.02. The Balaban J connectivity index is 2.03. The molecular formula is C17H13BrN2OS. The third kappa shape index (κ3) is 2.11. The Hall–Kier alpha value is -1.59. The number of benzene rings is 2. The van der Waals surface area contributed by atoms with Crippen LogP contribution >= 0.6 is 27.7 Å². The molecule has 2 aromatic carbocycles. The van der Waals surface area contributed by atoms with Crippen LogP contribution < -0.4 is 5.56 Å². The molecule has 1 aliphatic heterocycles. The smallest absolute Gasteiger partial charge is 0.281 e. The molecule has 22 heavy (non-hydrogen) atoms. The van der Waals surface area contributed by atoms with E-state index in [-0.39, 0.29) is 11.6 Å². The molecule has 2 unspecified atom stereocenters. The van der Waals surface area contributed by atoms with E-state index in [4.69, 9.17) is 0 Å². The van der Waals surface area contributed by atoms with Crippen LogP contribution in [0.15, 0.2) is 64.5 Å². The Bertz CT molecular complexity index is 894. The highest BCUT2D eigenvalue weighted by atomic mass is 79.9. The monoisotopic (exact) mass is 372 g/mol. The number of fused-ring (bicyclic) bond motifs is 3. The lowest BCUT2D eigenvalue weighted by Crippen LogP contribution is -2.21. The second-order valence-electron chi connectivity index (χ2n) is 5.25. The first-order chi connectivity index (χ1) is 10.8. The highest BCUT2D eigenvalue weighted by Crippen LogP contribution is 2.44. The predicted molar refractivity (Wildman–Crippen MR) is 94.0 cm³/mol. The summed E-state index contributed by atoms with van der Waals surface area (Å²) in [6.45, 7) is 0. The van der Waals surface area contributed by atoms with Crippen molar-refractivity contribution < 1.29 is 0 Å². The molecule has 0 bridgehead atoms. The van der Waals surface area contributed by atoms with Crippen LogP contribution in [-0.4, -0.2) is 20.1 Å². The summed E-state index contributed by atoms with van der Waals surface area (Å²) in [5, 5.41) is 2.66. The number of rotatable bonds is 2. The van der Waals surface area contributed by atoms with Gasteiger partial charge in [-0.2, -0.15) is 4.98 Å². The fraction of sp³-hybridized carbons (Fsp3) is 0.176. The van der Waals surface area contributed by atoms with Crippen molar-refractivity contribution in [1.29, 1.82) is 0 Å². The minimum absolute atomic E-state index is 0.142. The van der Waals surface area contributed by atoms with Gasteiger partial charge in [0.2, 0.25) is 0 Å². The third-order valence-electron chi connectivity index (χ3n) is 3.98. The van der Waals surface area contributed by atoms with Gasteiger partial charge in [0.05, 0.1) is 16.9 Å². The normalized spacial score (nSPS) is 20.2. The summed E-state index contributed by atoms with van der Waals surface area (Å²) in [6.07, 6.45) is 0. The van der Waals surface area contributed by atoms with E-state index < -0.39 is 0 Å². The summed E-state index contributed by atoms with van der Waals surface area (Å²) >= 11 is 5.29. The number of alkyl halides is 1. The number of halogens is 1. The molecule has 5 heteroatoms. The van der Waals surface area contributed by atoms with E-state index in [0.717, 1.165) is 16.0 Å². The lowest BCUT2D eigenvalue weighted by molar-refractivity contribution is 0.571. The van der Waals surface area contributed by atoms with Crippen molar-refractivity contribution in [3.63, 3.8) is 0 Å². The highest BCUT2D eigenvalue weighted by Gasteiger charge is 2.35. The molecule has 1 aliphatic rings. The van der Waals surface area contributed by atoms with Crippen LogP contribution in [0, 0.1) is 0 Å². The van der Waals surface area contributed by atoms with Crippen molar-refractivity contribution in [1.82, 2.24) is 9.55 Å². The van der Waals surface area contributed by atoms with Gasteiger partial charge in [-0.15, -0.1) is 0 Å². The van der Waals surface area contributed by atoms with Gasteiger partial charge < -0.3 is 4.57 Å². The van der Waals surface area contributed by atoms with Crippen molar-refractivity contribution in [2.75, 3.05) is 5.33 Å². The van der Waals surface area contributed by atoms with Gasteiger partial charge in [0.25, 0.3) is 5.56 Å². The highest BCUT2D eigenvalue weighted by molar-refractivity contribution is 9.09. The van der Waals surface area contributed by atoms with Crippen LogP contribution in [0.3, 0.4) is 0 Å². The zero-order chi connectivity index (χ0) is 15.1. The SMILES string of the molecule is O=c1nc2n(c3ccccc13)C(c1ccccc1)C(CBr)S2. The maximum Gasteiger partial charge on any atom is 0.281 e. The lowest BCUT2D eigenvalue weighted by atomic mass is 10.0. The second-order valence-corrected chi connectivity index (χ2v) is 7.11. The molecule has 0 N–H and O–H groups in total. The van der Waals surface area contributed by atoms with Gasteiger partial charge in [-0.1, -0.05) is 70.2 Å². The summed E-state index contributed by atoms with van der Waals surface area (Å²) in [4.78, 5) is 16.5. The minimum atomic E-state index is -0.142. The number of hydrogen-bond donors (Lipinski definition) is 0. The Morgan fingerprint density at radius 1 is 1.09 bits per heavy atom. The van der Waals surface area contributed by atoms with Crippen LogP contribution in [0.2, 0.25) is 0 Å². The fourth-order valence-corrected chi connectivity index (χ4v) is 4.97. The Morgan fingerprint density at radius 3 is 2.59 bits per heavy atom. The molecular weight excluding hydrogens is 360 g/mol. The molecule has 0 saturated carbocycles. The average molecular weight is 373 g/mol. The van der Waals surface area contributed by atoms with Gasteiger partial charge in [0.15, 0.2) is 5.16 Å². The molecule has 1 aromatic heterocycles. The van der Waals surface area contributed by atoms with Gasteiger partial charge in [-0.25, -0.2) is 0 Å². The number of para-hydroxylation sites is 1. The molecule has 0 aliphatic carbocycles. The zero-order valence-electron chi connectivity index (χ0n) is 11.6. The van der Waals surface area contributed by atoms with Crippen molar-refractivity contribution >= 4 is 38.6 Å². The first-order valence-corrected chi connectivity index (χ1v) is 9.08. The molecule has 0 fully saturated rings. The lowest BCUT2D eigenvalue weighted by Gasteiger charge is -2.21. The minimum Gasteiger partial charge on any atom is -0.311 e. The molecule has 0 spiro atoms. The molecule has 110 valence electrons. The van der Waals surface area contributed by atoms with Crippen LogP contribution in [0.1, 0.15) is 11.6 Å². The van der Waals surface area contributed by atoms with Gasteiger partial charge in [0, 0.05) is 10.6 Å². The predicted octanol–water partition coefficient (Wildman–Crippen LogP) is 3.86. The van der Waals surface area contributed by atoms with Gasteiger partial charge in [0.1, 0.15) is 0 Å². The zero-order valence-corrected chi connectivity index (χ0v) is 14.0. The Kier molecular flexibility index (Phi) is 3.54. The quantitative estimate of drug-likeness (QED) is 0.506. The molecule has 0 amide bonds. The average Bonchev–Trinajstić information content (AvgIpc) is 2.94. The van der Waals surface area contributed by atoms with E-state index >= 15 is 0 Å².